The van der Waals surface area contributed by atoms with Crippen molar-refractivity contribution in [2.24, 2.45) is 0 Å². The largest absolute Gasteiger partial charge is 0.462 e. The SMILES string of the molecule is CCOC(=O)c1sc(N(Cc2ccc(F)cc2)C(=O)c2cc(C)n(C(C)(C)C)n2)nc1C. The molecule has 0 saturated heterocycles. The van der Waals surface area contributed by atoms with Crippen molar-refractivity contribution in [3.05, 3.63) is 63.7 Å². The van der Waals surface area contributed by atoms with E-state index < -0.39 is 5.97 Å². The van der Waals surface area contributed by atoms with E-state index in [9.17, 15) is 14.0 Å². The molecular weight excluding hydrogens is 431 g/mol. The van der Waals surface area contributed by atoms with E-state index in [2.05, 4.69) is 10.1 Å². The summed E-state index contributed by atoms with van der Waals surface area (Å²) in [5.74, 6) is -1.19. The highest BCUT2D eigenvalue weighted by atomic mass is 32.1. The second-order valence-corrected chi connectivity index (χ2v) is 9.38. The van der Waals surface area contributed by atoms with Gasteiger partial charge in [-0.25, -0.2) is 14.2 Å². The Labute approximate surface area is 190 Å². The average Bonchev–Trinajstić information content (AvgIpc) is 3.30. The van der Waals surface area contributed by atoms with Crippen molar-refractivity contribution in [2.75, 3.05) is 11.5 Å². The zero-order valence-corrected chi connectivity index (χ0v) is 19.9. The zero-order valence-electron chi connectivity index (χ0n) is 19.1. The van der Waals surface area contributed by atoms with Crippen LogP contribution in [0.4, 0.5) is 9.52 Å². The van der Waals surface area contributed by atoms with Crippen molar-refractivity contribution in [1.29, 1.82) is 0 Å². The van der Waals surface area contributed by atoms with Crippen LogP contribution in [0.2, 0.25) is 0 Å². The minimum atomic E-state index is -0.476. The van der Waals surface area contributed by atoms with E-state index in [-0.39, 0.29) is 36.1 Å². The number of esters is 1. The lowest BCUT2D eigenvalue weighted by Gasteiger charge is -2.21. The van der Waals surface area contributed by atoms with E-state index in [1.807, 2.05) is 27.7 Å². The molecule has 2 aromatic heterocycles. The van der Waals surface area contributed by atoms with Crippen LogP contribution in [0.15, 0.2) is 30.3 Å². The Kier molecular flexibility index (Phi) is 6.78. The molecule has 1 aromatic carbocycles. The molecule has 0 unspecified atom stereocenters. The standard InChI is InChI=1S/C23H27FN4O3S/c1-7-31-21(30)19-15(3)25-22(32-19)27(13-16-8-10-17(24)11-9-16)20(29)18-12-14(2)28(26-18)23(4,5)6/h8-12H,7,13H2,1-6H3. The van der Waals surface area contributed by atoms with Crippen LogP contribution in [0.5, 0.6) is 0 Å². The van der Waals surface area contributed by atoms with Crippen LogP contribution >= 0.6 is 11.3 Å². The van der Waals surface area contributed by atoms with Gasteiger partial charge in [0.15, 0.2) is 10.8 Å². The number of rotatable bonds is 6. The van der Waals surface area contributed by atoms with Gasteiger partial charge in [0.1, 0.15) is 10.7 Å². The topological polar surface area (TPSA) is 77.3 Å². The number of thiazole rings is 1. The van der Waals surface area contributed by atoms with Crippen LogP contribution in [-0.2, 0) is 16.8 Å². The molecule has 3 aromatic rings. The minimum Gasteiger partial charge on any atom is -0.462 e. The fourth-order valence-electron chi connectivity index (χ4n) is 3.28. The van der Waals surface area contributed by atoms with Gasteiger partial charge in [-0.3, -0.25) is 14.4 Å². The molecule has 0 radical (unpaired) electrons. The molecule has 0 bridgehead atoms. The van der Waals surface area contributed by atoms with Gasteiger partial charge < -0.3 is 4.74 Å². The molecule has 170 valence electrons. The Bertz CT molecular complexity index is 1130. The summed E-state index contributed by atoms with van der Waals surface area (Å²) in [6.07, 6.45) is 0. The summed E-state index contributed by atoms with van der Waals surface area (Å²) in [6.45, 7) is 11.7. The van der Waals surface area contributed by atoms with E-state index in [0.29, 0.717) is 15.7 Å². The molecule has 2 heterocycles. The molecule has 9 heteroatoms. The van der Waals surface area contributed by atoms with Gasteiger partial charge in [-0.1, -0.05) is 23.5 Å². The van der Waals surface area contributed by atoms with E-state index in [4.69, 9.17) is 4.74 Å². The first kappa shape index (κ1) is 23.6. The number of carbonyl (C=O) groups is 2. The molecule has 0 saturated carbocycles. The third-order valence-electron chi connectivity index (χ3n) is 4.72. The van der Waals surface area contributed by atoms with Gasteiger partial charge in [-0.15, -0.1) is 0 Å². The van der Waals surface area contributed by atoms with E-state index in [1.165, 1.54) is 17.0 Å². The van der Waals surface area contributed by atoms with Gasteiger partial charge in [0.05, 0.1) is 24.4 Å². The Balaban J connectivity index is 2.03. The average molecular weight is 459 g/mol. The highest BCUT2D eigenvalue weighted by Crippen LogP contribution is 2.30. The van der Waals surface area contributed by atoms with Gasteiger partial charge in [-0.05, 0) is 65.3 Å². The maximum absolute atomic E-state index is 13.6. The predicted molar refractivity (Wildman–Crippen MR) is 122 cm³/mol. The first-order valence-electron chi connectivity index (χ1n) is 10.3. The maximum Gasteiger partial charge on any atom is 0.350 e. The predicted octanol–water partition coefficient (Wildman–Crippen LogP) is 4.87. The number of anilines is 1. The number of ether oxygens (including phenoxy) is 1. The number of hydrogen-bond acceptors (Lipinski definition) is 6. The van der Waals surface area contributed by atoms with Crippen LogP contribution in [0.3, 0.4) is 0 Å². The van der Waals surface area contributed by atoms with E-state index in [0.717, 1.165) is 22.6 Å². The first-order chi connectivity index (χ1) is 15.0. The quantitative estimate of drug-likeness (QED) is 0.492. The number of carbonyl (C=O) groups excluding carboxylic acids is 2. The highest BCUT2D eigenvalue weighted by Gasteiger charge is 2.28. The summed E-state index contributed by atoms with van der Waals surface area (Å²) < 4.78 is 20.3. The normalized spacial score (nSPS) is 11.5. The fraction of sp³-hybridized carbons (Fsp3) is 0.391. The molecule has 0 aliphatic rings. The summed E-state index contributed by atoms with van der Waals surface area (Å²) in [5, 5.41) is 4.88. The molecule has 0 atom stereocenters. The Morgan fingerprint density at radius 1 is 1.19 bits per heavy atom. The molecular formula is C23H27FN4O3S. The van der Waals surface area contributed by atoms with Crippen molar-refractivity contribution in [3.8, 4) is 0 Å². The summed E-state index contributed by atoms with van der Waals surface area (Å²) in [4.78, 5) is 32.1. The lowest BCUT2D eigenvalue weighted by Crippen LogP contribution is -2.31. The molecule has 3 rings (SSSR count). The van der Waals surface area contributed by atoms with Crippen molar-refractivity contribution < 1.29 is 18.7 Å². The maximum atomic E-state index is 13.6. The Morgan fingerprint density at radius 3 is 2.41 bits per heavy atom. The lowest BCUT2D eigenvalue weighted by atomic mass is 10.1. The second kappa shape index (κ2) is 9.20. The smallest absolute Gasteiger partial charge is 0.350 e. The highest BCUT2D eigenvalue weighted by molar-refractivity contribution is 7.17. The van der Waals surface area contributed by atoms with Crippen LogP contribution in [0.25, 0.3) is 0 Å². The molecule has 0 aliphatic carbocycles. The van der Waals surface area contributed by atoms with E-state index >= 15 is 0 Å². The van der Waals surface area contributed by atoms with Crippen LogP contribution < -0.4 is 4.90 Å². The number of hydrogen-bond donors (Lipinski definition) is 0. The number of aromatic nitrogens is 3. The van der Waals surface area contributed by atoms with Crippen molar-refractivity contribution in [2.45, 2.75) is 53.6 Å². The number of nitrogens with zero attached hydrogens (tertiary/aromatic N) is 4. The molecule has 0 aliphatic heterocycles. The van der Waals surface area contributed by atoms with Crippen molar-refractivity contribution >= 4 is 28.3 Å². The van der Waals surface area contributed by atoms with Crippen LogP contribution in [0.1, 0.15) is 64.8 Å². The monoisotopic (exact) mass is 458 g/mol. The molecule has 0 N–H and O–H groups in total. The van der Waals surface area contributed by atoms with Crippen molar-refractivity contribution in [1.82, 2.24) is 14.8 Å². The minimum absolute atomic E-state index is 0.149. The van der Waals surface area contributed by atoms with Gasteiger partial charge in [0.25, 0.3) is 5.91 Å². The summed E-state index contributed by atoms with van der Waals surface area (Å²) in [6, 6.07) is 7.64. The summed E-state index contributed by atoms with van der Waals surface area (Å²) >= 11 is 1.09. The third kappa shape index (κ3) is 5.04. The van der Waals surface area contributed by atoms with Gasteiger partial charge >= 0.3 is 5.97 Å². The second-order valence-electron chi connectivity index (χ2n) is 8.40. The van der Waals surface area contributed by atoms with Gasteiger partial charge in [-0.2, -0.15) is 5.10 Å². The Hall–Kier alpha value is -3.07. The first-order valence-corrected chi connectivity index (χ1v) is 11.1. The van der Waals surface area contributed by atoms with Gasteiger partial charge in [0, 0.05) is 5.69 Å². The molecule has 1 amide bonds. The third-order valence-corrected chi connectivity index (χ3v) is 5.88. The molecule has 32 heavy (non-hydrogen) atoms. The molecule has 7 nitrogen and oxygen atoms in total. The molecule has 0 fully saturated rings. The number of halogens is 1. The molecule has 0 spiro atoms. The number of aryl methyl sites for hydroxylation is 2. The number of amides is 1. The fourth-order valence-corrected chi connectivity index (χ4v) is 4.24. The van der Waals surface area contributed by atoms with E-state index in [1.54, 1.807) is 36.7 Å². The lowest BCUT2D eigenvalue weighted by molar-refractivity contribution is 0.0531. The van der Waals surface area contributed by atoms with Crippen LogP contribution in [-0.4, -0.2) is 33.2 Å². The van der Waals surface area contributed by atoms with Gasteiger partial charge in [0.2, 0.25) is 0 Å². The summed E-state index contributed by atoms with van der Waals surface area (Å²) in [7, 11) is 0. The number of benzene rings is 1. The Morgan fingerprint density at radius 2 is 1.84 bits per heavy atom. The summed E-state index contributed by atoms with van der Waals surface area (Å²) in [5.41, 5.74) is 2.03. The van der Waals surface area contributed by atoms with Crippen molar-refractivity contribution in [3.63, 3.8) is 0 Å². The zero-order chi connectivity index (χ0) is 23.6. The van der Waals surface area contributed by atoms with Crippen LogP contribution in [0, 0.1) is 19.7 Å².